The van der Waals surface area contributed by atoms with Crippen LogP contribution in [-0.4, -0.2) is 36.6 Å². The molecule has 2 fully saturated rings. The summed E-state index contributed by atoms with van der Waals surface area (Å²) in [6.07, 6.45) is 5.57. The van der Waals surface area contributed by atoms with Crippen molar-refractivity contribution in [1.82, 2.24) is 10.2 Å². The van der Waals surface area contributed by atoms with Gasteiger partial charge in [0.1, 0.15) is 0 Å². The Morgan fingerprint density at radius 1 is 1.05 bits per heavy atom. The molecule has 6 unspecified atom stereocenters. The summed E-state index contributed by atoms with van der Waals surface area (Å²) < 4.78 is 0. The Kier molecular flexibility index (Phi) is 5.53. The first-order chi connectivity index (χ1) is 9.43. The van der Waals surface area contributed by atoms with Crippen molar-refractivity contribution in [2.75, 3.05) is 13.6 Å². The predicted octanol–water partition coefficient (Wildman–Crippen LogP) is 3.77. The van der Waals surface area contributed by atoms with E-state index in [-0.39, 0.29) is 0 Å². The minimum Gasteiger partial charge on any atom is -0.315 e. The molecule has 2 aliphatic rings. The Hall–Kier alpha value is -0.0800. The second kappa shape index (κ2) is 6.79. The number of nitrogens with one attached hydrogen (secondary N) is 1. The van der Waals surface area contributed by atoms with Gasteiger partial charge >= 0.3 is 0 Å². The molecule has 1 saturated carbocycles. The molecule has 0 spiro atoms. The van der Waals surface area contributed by atoms with Crippen LogP contribution in [-0.2, 0) is 0 Å². The van der Waals surface area contributed by atoms with E-state index in [9.17, 15) is 0 Å². The lowest BCUT2D eigenvalue weighted by Gasteiger charge is -2.51. The van der Waals surface area contributed by atoms with Crippen LogP contribution in [0.1, 0.15) is 60.3 Å². The lowest BCUT2D eigenvalue weighted by Crippen LogP contribution is -2.59. The van der Waals surface area contributed by atoms with Gasteiger partial charge in [-0.1, -0.05) is 27.7 Å². The number of hydrogen-bond donors (Lipinski definition) is 1. The van der Waals surface area contributed by atoms with Crippen molar-refractivity contribution in [3.63, 3.8) is 0 Å². The van der Waals surface area contributed by atoms with E-state index in [0.717, 1.165) is 35.8 Å². The highest BCUT2D eigenvalue weighted by Gasteiger charge is 2.40. The van der Waals surface area contributed by atoms with Crippen LogP contribution in [0.5, 0.6) is 0 Å². The topological polar surface area (TPSA) is 15.3 Å². The fourth-order valence-corrected chi connectivity index (χ4v) is 4.68. The van der Waals surface area contributed by atoms with Gasteiger partial charge in [0.15, 0.2) is 0 Å². The maximum atomic E-state index is 3.62. The highest BCUT2D eigenvalue weighted by atomic mass is 15.2. The molecule has 1 heterocycles. The molecule has 118 valence electrons. The zero-order valence-corrected chi connectivity index (χ0v) is 14.5. The molecule has 0 aromatic heterocycles. The SMILES string of the molecule is CNC1CCC(C(C)C)CC1N1CC(C)CC(C)C1C. The minimum absolute atomic E-state index is 0.699. The molecule has 6 atom stereocenters. The summed E-state index contributed by atoms with van der Waals surface area (Å²) in [5.74, 6) is 3.46. The van der Waals surface area contributed by atoms with Gasteiger partial charge in [0.25, 0.3) is 0 Å². The van der Waals surface area contributed by atoms with Gasteiger partial charge in [0, 0.05) is 24.7 Å². The first kappa shape index (κ1) is 16.3. The van der Waals surface area contributed by atoms with Gasteiger partial charge < -0.3 is 5.32 Å². The van der Waals surface area contributed by atoms with Crippen molar-refractivity contribution in [1.29, 1.82) is 0 Å². The third-order valence-corrected chi connectivity index (χ3v) is 6.24. The van der Waals surface area contributed by atoms with E-state index < -0.39 is 0 Å². The number of rotatable bonds is 3. The molecule has 2 rings (SSSR count). The van der Waals surface area contributed by atoms with Crippen molar-refractivity contribution >= 4 is 0 Å². The standard InChI is InChI=1S/C18H36N2/c1-12(2)16-7-8-17(19-6)18(10-16)20-11-13(3)9-14(4)15(20)5/h12-19H,7-11H2,1-6H3. The molecule has 0 amide bonds. The van der Waals surface area contributed by atoms with E-state index in [1.807, 2.05) is 0 Å². The van der Waals surface area contributed by atoms with Crippen LogP contribution in [0, 0.1) is 23.7 Å². The summed E-state index contributed by atoms with van der Waals surface area (Å²) in [6.45, 7) is 13.5. The van der Waals surface area contributed by atoms with E-state index in [1.165, 1.54) is 32.2 Å². The summed E-state index contributed by atoms with van der Waals surface area (Å²) in [7, 11) is 2.16. The van der Waals surface area contributed by atoms with E-state index in [1.54, 1.807) is 0 Å². The van der Waals surface area contributed by atoms with Gasteiger partial charge in [0.05, 0.1) is 0 Å². The fraction of sp³-hybridized carbons (Fsp3) is 1.00. The molecule has 1 aliphatic heterocycles. The molecular formula is C18H36N2. The van der Waals surface area contributed by atoms with Crippen LogP contribution in [0.25, 0.3) is 0 Å². The predicted molar refractivity (Wildman–Crippen MR) is 87.9 cm³/mol. The van der Waals surface area contributed by atoms with E-state index >= 15 is 0 Å². The Balaban J connectivity index is 2.12. The molecule has 1 N–H and O–H groups in total. The number of likely N-dealkylation sites (N-methyl/N-ethyl adjacent to an activating group) is 1. The first-order valence-electron chi connectivity index (χ1n) is 8.87. The molecule has 2 heteroatoms. The van der Waals surface area contributed by atoms with Crippen molar-refractivity contribution in [2.24, 2.45) is 23.7 Å². The largest absolute Gasteiger partial charge is 0.315 e. The normalized spacial score (nSPS) is 44.0. The quantitative estimate of drug-likeness (QED) is 0.846. The summed E-state index contributed by atoms with van der Waals surface area (Å²) in [4.78, 5) is 2.86. The van der Waals surface area contributed by atoms with Crippen LogP contribution >= 0.6 is 0 Å². The van der Waals surface area contributed by atoms with Gasteiger partial charge in [-0.25, -0.2) is 0 Å². The van der Waals surface area contributed by atoms with E-state index in [4.69, 9.17) is 0 Å². The first-order valence-corrected chi connectivity index (χ1v) is 8.87. The monoisotopic (exact) mass is 280 g/mol. The van der Waals surface area contributed by atoms with Gasteiger partial charge in [-0.15, -0.1) is 0 Å². The Labute approximate surface area is 126 Å². The average molecular weight is 280 g/mol. The molecule has 0 radical (unpaired) electrons. The number of piperidine rings is 1. The van der Waals surface area contributed by atoms with Crippen LogP contribution in [0.15, 0.2) is 0 Å². The summed E-state index contributed by atoms with van der Waals surface area (Å²) >= 11 is 0. The minimum atomic E-state index is 0.699. The van der Waals surface area contributed by atoms with Gasteiger partial charge in [-0.3, -0.25) is 4.90 Å². The maximum absolute atomic E-state index is 3.62. The molecule has 0 bridgehead atoms. The third-order valence-electron chi connectivity index (χ3n) is 6.24. The Morgan fingerprint density at radius 2 is 1.75 bits per heavy atom. The van der Waals surface area contributed by atoms with E-state index in [2.05, 4.69) is 51.9 Å². The number of nitrogens with zero attached hydrogens (tertiary/aromatic N) is 1. The zero-order valence-electron chi connectivity index (χ0n) is 14.5. The summed E-state index contributed by atoms with van der Waals surface area (Å²) in [5, 5.41) is 3.62. The second-order valence-corrected chi connectivity index (χ2v) is 8.04. The Morgan fingerprint density at radius 3 is 2.35 bits per heavy atom. The highest BCUT2D eigenvalue weighted by Crippen LogP contribution is 2.37. The van der Waals surface area contributed by atoms with Crippen LogP contribution < -0.4 is 5.32 Å². The number of likely N-dealkylation sites (tertiary alicyclic amines) is 1. The van der Waals surface area contributed by atoms with Crippen LogP contribution in [0.3, 0.4) is 0 Å². The molecule has 1 saturated heterocycles. The van der Waals surface area contributed by atoms with Crippen molar-refractivity contribution in [2.45, 2.75) is 78.4 Å². The second-order valence-electron chi connectivity index (χ2n) is 8.04. The smallest absolute Gasteiger partial charge is 0.0255 e. The Bertz CT molecular complexity index is 302. The molecule has 0 aromatic carbocycles. The molecule has 1 aliphatic carbocycles. The summed E-state index contributed by atoms with van der Waals surface area (Å²) in [5.41, 5.74) is 0. The summed E-state index contributed by atoms with van der Waals surface area (Å²) in [6, 6.07) is 2.20. The lowest BCUT2D eigenvalue weighted by atomic mass is 9.74. The zero-order chi connectivity index (χ0) is 14.9. The molecule has 20 heavy (non-hydrogen) atoms. The number of hydrogen-bond acceptors (Lipinski definition) is 2. The van der Waals surface area contributed by atoms with E-state index in [0.29, 0.717) is 6.04 Å². The van der Waals surface area contributed by atoms with Gasteiger partial charge in [0.2, 0.25) is 0 Å². The van der Waals surface area contributed by atoms with Crippen molar-refractivity contribution < 1.29 is 0 Å². The van der Waals surface area contributed by atoms with Crippen molar-refractivity contribution in [3.05, 3.63) is 0 Å². The van der Waals surface area contributed by atoms with Gasteiger partial charge in [-0.05, 0) is 63.3 Å². The fourth-order valence-electron chi connectivity index (χ4n) is 4.68. The highest BCUT2D eigenvalue weighted by molar-refractivity contribution is 4.96. The molecule has 2 nitrogen and oxygen atoms in total. The average Bonchev–Trinajstić information content (AvgIpc) is 2.42. The molecule has 0 aromatic rings. The van der Waals surface area contributed by atoms with Crippen molar-refractivity contribution in [3.8, 4) is 0 Å². The lowest BCUT2D eigenvalue weighted by molar-refractivity contribution is -0.00250. The molecular weight excluding hydrogens is 244 g/mol. The van der Waals surface area contributed by atoms with Gasteiger partial charge in [-0.2, -0.15) is 0 Å². The third kappa shape index (κ3) is 3.39. The maximum Gasteiger partial charge on any atom is 0.0255 e. The van der Waals surface area contributed by atoms with Crippen LogP contribution in [0.2, 0.25) is 0 Å². The van der Waals surface area contributed by atoms with Crippen LogP contribution in [0.4, 0.5) is 0 Å².